The fraction of sp³-hybridized carbons (Fsp3) is 0.200. The van der Waals surface area contributed by atoms with E-state index in [1.807, 2.05) is 0 Å². The molecule has 2 rings (SSSR count). The average Bonchev–Trinajstić information content (AvgIpc) is 2.67. The van der Waals surface area contributed by atoms with Crippen molar-refractivity contribution in [1.82, 2.24) is 10.6 Å². The molecule has 8 heteroatoms. The fourth-order valence-electron chi connectivity index (χ4n) is 2.33. The smallest absolute Gasteiger partial charge is 0.270 e. The third kappa shape index (κ3) is 5.66. The van der Waals surface area contributed by atoms with Gasteiger partial charge in [-0.1, -0.05) is 12.1 Å². The van der Waals surface area contributed by atoms with Crippen LogP contribution in [0, 0.1) is 10.1 Å². The standard InChI is InChI=1S/C20H21N3O5/c1-13(2)21-20(25)18(12-14-5-4-6-16(11-14)23(26)27)22-19(24)15-7-9-17(28-3)10-8-15/h4-13H,1-3H3,(H,21,25)(H,22,24)/b18-12-. The van der Waals surface area contributed by atoms with Crippen LogP contribution in [0.4, 0.5) is 5.69 Å². The molecule has 0 aliphatic carbocycles. The van der Waals surface area contributed by atoms with Crippen LogP contribution in [-0.2, 0) is 4.79 Å². The van der Waals surface area contributed by atoms with Crippen molar-refractivity contribution in [2.24, 2.45) is 0 Å². The normalized spacial score (nSPS) is 11.1. The molecular formula is C20H21N3O5. The number of methoxy groups -OCH3 is 1. The molecule has 0 atom stereocenters. The molecule has 28 heavy (non-hydrogen) atoms. The Morgan fingerprint density at radius 3 is 2.39 bits per heavy atom. The molecule has 0 aliphatic rings. The molecule has 0 aliphatic heterocycles. The number of carbonyl (C=O) groups is 2. The van der Waals surface area contributed by atoms with Crippen molar-refractivity contribution in [2.45, 2.75) is 19.9 Å². The van der Waals surface area contributed by atoms with Crippen LogP contribution in [0.3, 0.4) is 0 Å². The Hall–Kier alpha value is -3.68. The van der Waals surface area contributed by atoms with Crippen molar-refractivity contribution in [3.05, 3.63) is 75.5 Å². The Kier molecular flexibility index (Phi) is 6.86. The quantitative estimate of drug-likeness (QED) is 0.434. The molecule has 2 aromatic carbocycles. The van der Waals surface area contributed by atoms with Crippen LogP contribution in [0.5, 0.6) is 5.75 Å². The van der Waals surface area contributed by atoms with Gasteiger partial charge in [0.15, 0.2) is 0 Å². The highest BCUT2D eigenvalue weighted by Gasteiger charge is 2.16. The molecule has 0 saturated carbocycles. The van der Waals surface area contributed by atoms with E-state index in [4.69, 9.17) is 4.74 Å². The van der Waals surface area contributed by atoms with E-state index in [-0.39, 0.29) is 17.4 Å². The number of nitrogens with one attached hydrogen (secondary N) is 2. The number of benzene rings is 2. The van der Waals surface area contributed by atoms with Crippen LogP contribution in [0.15, 0.2) is 54.2 Å². The van der Waals surface area contributed by atoms with Crippen molar-refractivity contribution >= 4 is 23.6 Å². The molecule has 0 heterocycles. The van der Waals surface area contributed by atoms with E-state index in [1.165, 1.54) is 31.4 Å². The first-order valence-electron chi connectivity index (χ1n) is 8.52. The van der Waals surface area contributed by atoms with Crippen molar-refractivity contribution < 1.29 is 19.2 Å². The monoisotopic (exact) mass is 383 g/mol. The topological polar surface area (TPSA) is 111 Å². The lowest BCUT2D eigenvalue weighted by Gasteiger charge is -2.13. The van der Waals surface area contributed by atoms with Crippen molar-refractivity contribution in [2.75, 3.05) is 7.11 Å². The van der Waals surface area contributed by atoms with Gasteiger partial charge in [0.1, 0.15) is 11.4 Å². The molecule has 2 N–H and O–H groups in total. The summed E-state index contributed by atoms with van der Waals surface area (Å²) in [5.41, 5.74) is 0.620. The molecule has 0 aromatic heterocycles. The average molecular weight is 383 g/mol. The second kappa shape index (κ2) is 9.31. The summed E-state index contributed by atoms with van der Waals surface area (Å²) in [5.74, 6) is -0.386. The molecule has 146 valence electrons. The van der Waals surface area contributed by atoms with Crippen LogP contribution < -0.4 is 15.4 Å². The molecule has 0 radical (unpaired) electrons. The number of nitrogens with zero attached hydrogens (tertiary/aromatic N) is 1. The van der Waals surface area contributed by atoms with Crippen LogP contribution in [0.2, 0.25) is 0 Å². The Morgan fingerprint density at radius 2 is 1.82 bits per heavy atom. The third-order valence-corrected chi connectivity index (χ3v) is 3.66. The highest BCUT2D eigenvalue weighted by molar-refractivity contribution is 6.05. The molecule has 0 bridgehead atoms. The number of carbonyl (C=O) groups excluding carboxylic acids is 2. The fourth-order valence-corrected chi connectivity index (χ4v) is 2.33. The van der Waals surface area contributed by atoms with E-state index in [2.05, 4.69) is 10.6 Å². The predicted octanol–water partition coefficient (Wildman–Crippen LogP) is 2.90. The first kappa shape index (κ1) is 20.6. The molecular weight excluding hydrogens is 362 g/mol. The van der Waals surface area contributed by atoms with Gasteiger partial charge in [-0.25, -0.2) is 0 Å². The first-order valence-corrected chi connectivity index (χ1v) is 8.52. The maximum absolute atomic E-state index is 12.5. The van der Waals surface area contributed by atoms with Gasteiger partial charge in [0, 0.05) is 23.7 Å². The number of nitro groups is 1. The van der Waals surface area contributed by atoms with E-state index < -0.39 is 16.7 Å². The van der Waals surface area contributed by atoms with Gasteiger partial charge in [0.05, 0.1) is 12.0 Å². The van der Waals surface area contributed by atoms with Crippen molar-refractivity contribution in [1.29, 1.82) is 0 Å². The number of ether oxygens (including phenoxy) is 1. The number of rotatable bonds is 7. The minimum atomic E-state index is -0.527. The lowest BCUT2D eigenvalue weighted by atomic mass is 10.1. The van der Waals surface area contributed by atoms with Gasteiger partial charge in [0.2, 0.25) is 0 Å². The SMILES string of the molecule is COc1ccc(C(=O)N/C(=C\c2cccc([N+](=O)[O-])c2)C(=O)NC(C)C)cc1. The Bertz CT molecular complexity index is 904. The van der Waals surface area contributed by atoms with Crippen LogP contribution >= 0.6 is 0 Å². The Labute approximate surface area is 162 Å². The van der Waals surface area contributed by atoms with Gasteiger partial charge in [0.25, 0.3) is 17.5 Å². The number of non-ortho nitro benzene ring substituents is 1. The van der Waals surface area contributed by atoms with Gasteiger partial charge < -0.3 is 15.4 Å². The van der Waals surface area contributed by atoms with Gasteiger partial charge in [-0.15, -0.1) is 0 Å². The summed E-state index contributed by atoms with van der Waals surface area (Å²) in [5, 5.41) is 16.2. The summed E-state index contributed by atoms with van der Waals surface area (Å²) in [6.07, 6.45) is 1.39. The summed E-state index contributed by atoms with van der Waals surface area (Å²) >= 11 is 0. The largest absolute Gasteiger partial charge is 0.497 e. The van der Waals surface area contributed by atoms with E-state index in [0.29, 0.717) is 16.9 Å². The minimum Gasteiger partial charge on any atom is -0.497 e. The number of hydrogen-bond acceptors (Lipinski definition) is 5. The maximum atomic E-state index is 12.5. The molecule has 0 unspecified atom stereocenters. The highest BCUT2D eigenvalue weighted by atomic mass is 16.6. The predicted molar refractivity (Wildman–Crippen MR) is 105 cm³/mol. The lowest BCUT2D eigenvalue weighted by molar-refractivity contribution is -0.384. The summed E-state index contributed by atoms with van der Waals surface area (Å²) in [6, 6.07) is 12.0. The summed E-state index contributed by atoms with van der Waals surface area (Å²) < 4.78 is 5.06. The minimum absolute atomic E-state index is 0.0185. The lowest BCUT2D eigenvalue weighted by Crippen LogP contribution is -2.38. The zero-order valence-corrected chi connectivity index (χ0v) is 15.8. The summed E-state index contributed by atoms with van der Waals surface area (Å²) in [4.78, 5) is 35.5. The van der Waals surface area contributed by atoms with Gasteiger partial charge >= 0.3 is 0 Å². The van der Waals surface area contributed by atoms with Crippen molar-refractivity contribution in [3.63, 3.8) is 0 Å². The number of nitro benzene ring substituents is 1. The molecule has 2 aromatic rings. The number of amides is 2. The van der Waals surface area contributed by atoms with E-state index >= 15 is 0 Å². The molecule has 8 nitrogen and oxygen atoms in total. The van der Waals surface area contributed by atoms with Crippen LogP contribution in [0.1, 0.15) is 29.8 Å². The number of hydrogen-bond donors (Lipinski definition) is 2. The van der Waals surface area contributed by atoms with E-state index in [0.717, 1.165) is 0 Å². The van der Waals surface area contributed by atoms with Gasteiger partial charge in [-0.2, -0.15) is 0 Å². The zero-order valence-electron chi connectivity index (χ0n) is 15.8. The van der Waals surface area contributed by atoms with Gasteiger partial charge in [-0.05, 0) is 49.8 Å². The maximum Gasteiger partial charge on any atom is 0.270 e. The zero-order chi connectivity index (χ0) is 20.7. The van der Waals surface area contributed by atoms with Gasteiger partial charge in [-0.3, -0.25) is 19.7 Å². The molecule has 0 fully saturated rings. The highest BCUT2D eigenvalue weighted by Crippen LogP contribution is 2.16. The molecule has 2 amide bonds. The van der Waals surface area contributed by atoms with Crippen LogP contribution in [-0.4, -0.2) is 29.9 Å². The second-order valence-corrected chi connectivity index (χ2v) is 6.22. The molecule has 0 saturated heterocycles. The Balaban J connectivity index is 2.33. The summed E-state index contributed by atoms with van der Waals surface area (Å²) in [6.45, 7) is 3.57. The first-order chi connectivity index (χ1) is 13.3. The Morgan fingerprint density at radius 1 is 1.14 bits per heavy atom. The second-order valence-electron chi connectivity index (χ2n) is 6.22. The van der Waals surface area contributed by atoms with E-state index in [1.54, 1.807) is 44.2 Å². The summed E-state index contributed by atoms with van der Waals surface area (Å²) in [7, 11) is 1.52. The van der Waals surface area contributed by atoms with Crippen molar-refractivity contribution in [3.8, 4) is 5.75 Å². The third-order valence-electron chi connectivity index (χ3n) is 3.66. The van der Waals surface area contributed by atoms with E-state index in [9.17, 15) is 19.7 Å². The molecule has 0 spiro atoms. The van der Waals surface area contributed by atoms with Crippen LogP contribution in [0.25, 0.3) is 6.08 Å².